The number of methoxy groups -OCH3 is 1. The van der Waals surface area contributed by atoms with Gasteiger partial charge in [-0.3, -0.25) is 4.79 Å². The third-order valence-electron chi connectivity index (χ3n) is 6.34. The minimum atomic E-state index is -3.58. The lowest BCUT2D eigenvalue weighted by Gasteiger charge is -2.34. The fourth-order valence-corrected chi connectivity index (χ4v) is 5.67. The summed E-state index contributed by atoms with van der Waals surface area (Å²) in [5, 5.41) is 3.08. The van der Waals surface area contributed by atoms with Crippen LogP contribution in [0.4, 0.5) is 5.69 Å². The maximum Gasteiger partial charge on any atom is 0.282 e. The van der Waals surface area contributed by atoms with Crippen LogP contribution in [0.3, 0.4) is 0 Å². The summed E-state index contributed by atoms with van der Waals surface area (Å²) < 4.78 is 32.6. The van der Waals surface area contributed by atoms with E-state index in [0.29, 0.717) is 31.9 Å². The fourth-order valence-electron chi connectivity index (χ4n) is 4.23. The number of piperazine rings is 1. The summed E-state index contributed by atoms with van der Waals surface area (Å²) in [7, 11) is -2.03. The molecule has 3 aromatic carbocycles. The Hall–Kier alpha value is -3.20. The maximum atomic E-state index is 13.1. The number of carbonyl (C=O) groups excluding carboxylic acids is 1. The van der Waals surface area contributed by atoms with Gasteiger partial charge in [0.15, 0.2) is 6.04 Å². The zero-order valence-corrected chi connectivity index (χ0v) is 20.2. The average molecular weight is 481 g/mol. The summed E-state index contributed by atoms with van der Waals surface area (Å²) in [6, 6.07) is 23.8. The number of anilines is 1. The van der Waals surface area contributed by atoms with Gasteiger partial charge in [-0.2, -0.15) is 4.31 Å². The van der Waals surface area contributed by atoms with Gasteiger partial charge in [-0.1, -0.05) is 48.5 Å². The van der Waals surface area contributed by atoms with Crippen molar-refractivity contribution in [3.05, 3.63) is 78.9 Å². The molecule has 0 bridgehead atoms. The topological polar surface area (TPSA) is 80.2 Å². The van der Waals surface area contributed by atoms with E-state index in [2.05, 4.69) is 5.32 Å². The van der Waals surface area contributed by atoms with Crippen molar-refractivity contribution in [2.75, 3.05) is 38.6 Å². The van der Waals surface area contributed by atoms with Gasteiger partial charge in [-0.25, -0.2) is 8.42 Å². The number of sulfonamides is 1. The van der Waals surface area contributed by atoms with Crippen LogP contribution < -0.4 is 15.0 Å². The molecule has 0 unspecified atom stereocenters. The molecular weight excluding hydrogens is 450 g/mol. The van der Waals surface area contributed by atoms with E-state index in [1.807, 2.05) is 61.5 Å². The molecule has 0 saturated carbocycles. The normalized spacial score (nSPS) is 16.1. The van der Waals surface area contributed by atoms with Crippen molar-refractivity contribution < 1.29 is 22.8 Å². The first-order valence-electron chi connectivity index (χ1n) is 11.3. The van der Waals surface area contributed by atoms with E-state index in [1.54, 1.807) is 31.4 Å². The quantitative estimate of drug-likeness (QED) is 0.544. The third kappa shape index (κ3) is 5.14. The first-order valence-corrected chi connectivity index (χ1v) is 12.8. The van der Waals surface area contributed by atoms with Crippen LogP contribution in [0.1, 0.15) is 6.92 Å². The Morgan fingerprint density at radius 3 is 2.21 bits per heavy atom. The number of para-hydroxylation sites is 1. The zero-order valence-electron chi connectivity index (χ0n) is 19.4. The third-order valence-corrected chi connectivity index (χ3v) is 8.25. The van der Waals surface area contributed by atoms with E-state index in [1.165, 1.54) is 4.31 Å². The average Bonchev–Trinajstić information content (AvgIpc) is 2.89. The van der Waals surface area contributed by atoms with Gasteiger partial charge in [0, 0.05) is 11.3 Å². The highest BCUT2D eigenvalue weighted by molar-refractivity contribution is 7.89. The number of hydrogen-bond donors (Lipinski definition) is 2. The molecule has 178 valence electrons. The second-order valence-electron chi connectivity index (χ2n) is 8.36. The summed E-state index contributed by atoms with van der Waals surface area (Å²) >= 11 is 0. The van der Waals surface area contributed by atoms with Crippen molar-refractivity contribution in [2.45, 2.75) is 17.9 Å². The van der Waals surface area contributed by atoms with Crippen molar-refractivity contribution in [2.24, 2.45) is 0 Å². The smallest absolute Gasteiger partial charge is 0.282 e. The number of nitrogens with zero attached hydrogens (tertiary/aromatic N) is 1. The van der Waals surface area contributed by atoms with Gasteiger partial charge < -0.3 is 15.0 Å². The van der Waals surface area contributed by atoms with Crippen molar-refractivity contribution in [3.8, 4) is 16.9 Å². The van der Waals surface area contributed by atoms with Crippen molar-refractivity contribution in [3.63, 3.8) is 0 Å². The molecule has 2 N–H and O–H groups in total. The number of hydrogen-bond acceptors (Lipinski definition) is 4. The van der Waals surface area contributed by atoms with Crippen LogP contribution in [0.5, 0.6) is 5.75 Å². The second kappa shape index (κ2) is 10.4. The number of rotatable bonds is 7. The Bertz CT molecular complexity index is 1220. The SMILES string of the molecule is COc1ccc(S(=O)(=O)N2CC[NH+]([C@@H](C)C(=O)Nc3ccccc3-c3ccccc3)CC2)cc1. The number of nitrogens with one attached hydrogen (secondary N) is 2. The Morgan fingerprint density at radius 1 is 0.941 bits per heavy atom. The lowest BCUT2D eigenvalue weighted by Crippen LogP contribution is -3.19. The summed E-state index contributed by atoms with van der Waals surface area (Å²) in [5.74, 6) is 0.534. The van der Waals surface area contributed by atoms with Crippen LogP contribution in [0, 0.1) is 0 Å². The number of quaternary nitrogens is 1. The molecule has 1 atom stereocenters. The molecule has 0 spiro atoms. The minimum absolute atomic E-state index is 0.0788. The van der Waals surface area contributed by atoms with E-state index in [-0.39, 0.29) is 16.8 Å². The number of benzene rings is 3. The van der Waals surface area contributed by atoms with Gasteiger partial charge >= 0.3 is 0 Å². The van der Waals surface area contributed by atoms with Crippen LogP contribution in [0.15, 0.2) is 83.8 Å². The second-order valence-corrected chi connectivity index (χ2v) is 10.3. The van der Waals surface area contributed by atoms with Crippen LogP contribution in [-0.2, 0) is 14.8 Å². The number of carbonyl (C=O) groups is 1. The number of amides is 1. The molecule has 1 heterocycles. The van der Waals surface area contributed by atoms with Crippen molar-refractivity contribution in [1.82, 2.24) is 4.31 Å². The van der Waals surface area contributed by atoms with Crippen molar-refractivity contribution in [1.29, 1.82) is 0 Å². The predicted molar refractivity (Wildman–Crippen MR) is 132 cm³/mol. The molecule has 34 heavy (non-hydrogen) atoms. The Morgan fingerprint density at radius 2 is 1.56 bits per heavy atom. The molecule has 4 rings (SSSR count). The largest absolute Gasteiger partial charge is 0.497 e. The fraction of sp³-hybridized carbons (Fsp3) is 0.269. The van der Waals surface area contributed by atoms with Crippen LogP contribution >= 0.6 is 0 Å². The molecule has 1 aliphatic heterocycles. The van der Waals surface area contributed by atoms with E-state index in [0.717, 1.165) is 21.7 Å². The van der Waals surface area contributed by atoms with E-state index >= 15 is 0 Å². The summed E-state index contributed by atoms with van der Waals surface area (Å²) in [4.78, 5) is 14.4. The summed E-state index contributed by atoms with van der Waals surface area (Å²) in [6.07, 6.45) is 0. The van der Waals surface area contributed by atoms with Crippen molar-refractivity contribution >= 4 is 21.6 Å². The van der Waals surface area contributed by atoms with Gasteiger partial charge in [0.2, 0.25) is 10.0 Å². The lowest BCUT2D eigenvalue weighted by molar-refractivity contribution is -0.917. The Labute approximate surface area is 201 Å². The monoisotopic (exact) mass is 480 g/mol. The lowest BCUT2D eigenvalue weighted by atomic mass is 10.0. The van der Waals surface area contributed by atoms with Gasteiger partial charge in [0.1, 0.15) is 5.75 Å². The predicted octanol–water partition coefficient (Wildman–Crippen LogP) is 2.28. The van der Waals surface area contributed by atoms with Gasteiger partial charge in [0.05, 0.1) is 38.2 Å². The van der Waals surface area contributed by atoms with Gasteiger partial charge in [-0.05, 0) is 42.8 Å². The van der Waals surface area contributed by atoms with E-state index < -0.39 is 10.0 Å². The molecule has 1 amide bonds. The molecule has 1 fully saturated rings. The molecule has 1 aliphatic rings. The van der Waals surface area contributed by atoms with Crippen LogP contribution in [0.2, 0.25) is 0 Å². The Balaban J connectivity index is 1.39. The summed E-state index contributed by atoms with van der Waals surface area (Å²) in [5.41, 5.74) is 2.77. The summed E-state index contributed by atoms with van der Waals surface area (Å²) in [6.45, 7) is 3.74. The van der Waals surface area contributed by atoms with E-state index in [4.69, 9.17) is 4.74 Å². The van der Waals surface area contributed by atoms with Crippen LogP contribution in [-0.4, -0.2) is 58.0 Å². The molecule has 0 aliphatic carbocycles. The molecule has 7 nitrogen and oxygen atoms in total. The Kier molecular flexibility index (Phi) is 7.31. The molecule has 8 heteroatoms. The molecule has 0 aromatic heterocycles. The zero-order chi connectivity index (χ0) is 24.1. The highest BCUT2D eigenvalue weighted by Gasteiger charge is 2.34. The first kappa shape index (κ1) is 23.9. The van der Waals surface area contributed by atoms with Gasteiger partial charge in [0.25, 0.3) is 5.91 Å². The first-order chi connectivity index (χ1) is 16.4. The van der Waals surface area contributed by atoms with Gasteiger partial charge in [-0.15, -0.1) is 0 Å². The maximum absolute atomic E-state index is 13.1. The van der Waals surface area contributed by atoms with Crippen LogP contribution in [0.25, 0.3) is 11.1 Å². The van der Waals surface area contributed by atoms with E-state index in [9.17, 15) is 13.2 Å². The number of ether oxygens (including phenoxy) is 1. The minimum Gasteiger partial charge on any atom is -0.497 e. The molecule has 3 aromatic rings. The standard InChI is InChI=1S/C26H29N3O4S/c1-20(26(30)27-25-11-7-6-10-24(25)21-8-4-3-5-9-21)28-16-18-29(19-17-28)34(31,32)23-14-12-22(33-2)13-15-23/h3-15,20H,16-19H2,1-2H3,(H,27,30)/p+1/t20-/m0/s1. The molecule has 1 saturated heterocycles. The highest BCUT2D eigenvalue weighted by Crippen LogP contribution is 2.27. The molecule has 0 radical (unpaired) electrons. The highest BCUT2D eigenvalue weighted by atomic mass is 32.2. The molecular formula is C26H30N3O4S+.